The molecule has 25 heavy (non-hydrogen) atoms. The molecule has 0 saturated heterocycles. The predicted octanol–water partition coefficient (Wildman–Crippen LogP) is 2.28. The van der Waals surface area contributed by atoms with Crippen LogP contribution in [0, 0.1) is 0 Å². The fraction of sp³-hybridized carbons (Fsp3) is 0.267. The minimum Gasteiger partial charge on any atom is -0.467 e. The number of benzene rings is 1. The first-order valence-electron chi connectivity index (χ1n) is 7.14. The molecule has 0 atom stereocenters. The number of carbonyl (C=O) groups is 1. The van der Waals surface area contributed by atoms with Gasteiger partial charge in [0, 0.05) is 13.0 Å². The molecule has 2 rings (SSSR count). The van der Waals surface area contributed by atoms with Gasteiger partial charge in [-0.2, -0.15) is 13.2 Å². The predicted molar refractivity (Wildman–Crippen MR) is 81.8 cm³/mol. The van der Waals surface area contributed by atoms with Crippen molar-refractivity contribution in [3.05, 3.63) is 54.0 Å². The Morgan fingerprint density at radius 1 is 1.16 bits per heavy atom. The minimum atomic E-state index is -4.64. The molecule has 1 aromatic carbocycles. The first kappa shape index (κ1) is 19.0. The minimum absolute atomic E-state index is 0.159. The highest BCUT2D eigenvalue weighted by Gasteiger charge is 2.31. The number of hydrogen-bond donors (Lipinski definition) is 2. The topological polar surface area (TPSA) is 88.4 Å². The summed E-state index contributed by atoms with van der Waals surface area (Å²) in [7, 11) is -4.15. The van der Waals surface area contributed by atoms with Crippen LogP contribution in [0.1, 0.15) is 17.7 Å². The summed E-state index contributed by atoms with van der Waals surface area (Å²) < 4.78 is 69.1. The van der Waals surface area contributed by atoms with Crippen LogP contribution < -0.4 is 10.0 Å². The van der Waals surface area contributed by atoms with E-state index in [9.17, 15) is 26.4 Å². The second-order valence-corrected chi connectivity index (χ2v) is 6.80. The van der Waals surface area contributed by atoms with E-state index < -0.39 is 32.6 Å². The third-order valence-corrected chi connectivity index (χ3v) is 4.61. The molecule has 6 nitrogen and oxygen atoms in total. The van der Waals surface area contributed by atoms with E-state index in [0.29, 0.717) is 11.8 Å². The summed E-state index contributed by atoms with van der Waals surface area (Å²) >= 11 is 0. The maximum absolute atomic E-state index is 12.6. The van der Waals surface area contributed by atoms with E-state index in [0.717, 1.165) is 18.2 Å². The van der Waals surface area contributed by atoms with Crippen molar-refractivity contribution in [2.24, 2.45) is 0 Å². The lowest BCUT2D eigenvalue weighted by Crippen LogP contribution is -2.30. The number of furan rings is 1. The monoisotopic (exact) mass is 376 g/mol. The van der Waals surface area contributed by atoms with Gasteiger partial charge in [-0.15, -0.1) is 0 Å². The summed E-state index contributed by atoms with van der Waals surface area (Å²) in [4.78, 5) is 11.1. The van der Waals surface area contributed by atoms with Crippen LogP contribution in [0.25, 0.3) is 0 Å². The highest BCUT2D eigenvalue weighted by molar-refractivity contribution is 7.89. The van der Waals surface area contributed by atoms with Crippen LogP contribution in [0.15, 0.2) is 52.0 Å². The lowest BCUT2D eigenvalue weighted by Gasteiger charge is -2.10. The Labute approximate surface area is 142 Å². The molecule has 1 amide bonds. The lowest BCUT2D eigenvalue weighted by atomic mass is 10.2. The van der Waals surface area contributed by atoms with Gasteiger partial charge in [-0.1, -0.05) is 6.07 Å². The van der Waals surface area contributed by atoms with Crippen LogP contribution in [0.4, 0.5) is 13.2 Å². The van der Waals surface area contributed by atoms with Gasteiger partial charge in [0.2, 0.25) is 15.9 Å². The van der Waals surface area contributed by atoms with Crippen molar-refractivity contribution in [2.75, 3.05) is 6.54 Å². The molecule has 0 spiro atoms. The summed E-state index contributed by atoms with van der Waals surface area (Å²) in [6, 6.07) is 6.70. The third kappa shape index (κ3) is 5.61. The molecular weight excluding hydrogens is 361 g/mol. The molecule has 0 bridgehead atoms. The van der Waals surface area contributed by atoms with Crippen LogP contribution in [-0.2, 0) is 27.5 Å². The lowest BCUT2D eigenvalue weighted by molar-refractivity contribution is -0.137. The Morgan fingerprint density at radius 3 is 2.56 bits per heavy atom. The maximum Gasteiger partial charge on any atom is 0.416 e. The van der Waals surface area contributed by atoms with E-state index in [-0.39, 0.29) is 19.5 Å². The molecule has 0 aliphatic rings. The molecule has 2 aromatic rings. The molecule has 10 heteroatoms. The summed E-state index contributed by atoms with van der Waals surface area (Å²) in [6.45, 7) is -0.0885. The van der Waals surface area contributed by atoms with E-state index in [1.54, 1.807) is 12.1 Å². The number of halogens is 3. The van der Waals surface area contributed by atoms with Gasteiger partial charge >= 0.3 is 6.18 Å². The van der Waals surface area contributed by atoms with E-state index in [2.05, 4.69) is 10.0 Å². The number of sulfonamides is 1. The number of nitrogens with one attached hydrogen (secondary N) is 2. The van der Waals surface area contributed by atoms with Gasteiger partial charge < -0.3 is 9.73 Å². The normalized spacial score (nSPS) is 12.1. The number of alkyl halides is 3. The van der Waals surface area contributed by atoms with Gasteiger partial charge in [0.1, 0.15) is 5.76 Å². The molecule has 0 radical (unpaired) electrons. The van der Waals surface area contributed by atoms with Crippen LogP contribution >= 0.6 is 0 Å². The first-order chi connectivity index (χ1) is 11.7. The Hall–Kier alpha value is -2.33. The van der Waals surface area contributed by atoms with Gasteiger partial charge in [-0.25, -0.2) is 13.1 Å². The zero-order valence-corrected chi connectivity index (χ0v) is 13.7. The summed E-state index contributed by atoms with van der Waals surface area (Å²) in [6.07, 6.45) is -3.36. The molecule has 1 aromatic heterocycles. The highest BCUT2D eigenvalue weighted by Crippen LogP contribution is 2.30. The average molecular weight is 376 g/mol. The van der Waals surface area contributed by atoms with Crippen molar-refractivity contribution in [3.63, 3.8) is 0 Å². The SMILES string of the molecule is O=C(CCNS(=O)(=O)c1cccc(C(F)(F)F)c1)NCc1ccco1. The number of carbonyl (C=O) groups excluding carboxylic acids is 1. The van der Waals surface area contributed by atoms with Gasteiger partial charge in [-0.05, 0) is 30.3 Å². The maximum atomic E-state index is 12.6. The molecule has 2 N–H and O–H groups in total. The fourth-order valence-corrected chi connectivity index (χ4v) is 2.99. The van der Waals surface area contributed by atoms with Crippen LogP contribution in [0.3, 0.4) is 0 Å². The molecule has 0 unspecified atom stereocenters. The van der Waals surface area contributed by atoms with Crippen LogP contribution in [-0.4, -0.2) is 20.9 Å². The third-order valence-electron chi connectivity index (χ3n) is 3.16. The van der Waals surface area contributed by atoms with Crippen molar-refractivity contribution in [3.8, 4) is 0 Å². The van der Waals surface area contributed by atoms with Crippen LogP contribution in [0.5, 0.6) is 0 Å². The molecule has 0 fully saturated rings. The number of rotatable bonds is 7. The molecule has 0 aliphatic heterocycles. The second-order valence-electron chi connectivity index (χ2n) is 5.03. The van der Waals surface area contributed by atoms with Gasteiger partial charge in [0.15, 0.2) is 0 Å². The highest BCUT2D eigenvalue weighted by atomic mass is 32.2. The van der Waals surface area contributed by atoms with Crippen molar-refractivity contribution in [2.45, 2.75) is 24.0 Å². The van der Waals surface area contributed by atoms with Gasteiger partial charge in [0.05, 0.1) is 23.3 Å². The van der Waals surface area contributed by atoms with Crippen molar-refractivity contribution in [1.82, 2.24) is 10.0 Å². The Balaban J connectivity index is 1.88. The zero-order valence-electron chi connectivity index (χ0n) is 12.8. The summed E-state index contributed by atoms with van der Waals surface area (Å²) in [5.41, 5.74) is -1.06. The van der Waals surface area contributed by atoms with Crippen molar-refractivity contribution >= 4 is 15.9 Å². The van der Waals surface area contributed by atoms with Crippen LogP contribution in [0.2, 0.25) is 0 Å². The Morgan fingerprint density at radius 2 is 1.92 bits per heavy atom. The van der Waals surface area contributed by atoms with Crippen molar-refractivity contribution in [1.29, 1.82) is 0 Å². The molecule has 0 aliphatic carbocycles. The number of hydrogen-bond acceptors (Lipinski definition) is 4. The van der Waals surface area contributed by atoms with E-state index in [1.807, 2.05) is 0 Å². The summed E-state index contributed by atoms with van der Waals surface area (Å²) in [5, 5.41) is 2.52. The average Bonchev–Trinajstić information content (AvgIpc) is 3.05. The molecular formula is C15H15F3N2O4S. The van der Waals surface area contributed by atoms with E-state index in [1.165, 1.54) is 6.26 Å². The zero-order chi connectivity index (χ0) is 18.5. The summed E-state index contributed by atoms with van der Waals surface area (Å²) in [5.74, 6) is 0.112. The number of amides is 1. The quantitative estimate of drug-likeness (QED) is 0.776. The standard InChI is InChI=1S/C15H15F3N2O4S/c16-15(17,18)11-3-1-5-13(9-11)25(22,23)20-7-6-14(21)19-10-12-4-2-8-24-12/h1-5,8-9,20H,6-7,10H2,(H,19,21). The Bertz CT molecular complexity index is 818. The van der Waals surface area contributed by atoms with E-state index in [4.69, 9.17) is 4.42 Å². The molecule has 0 saturated carbocycles. The first-order valence-corrected chi connectivity index (χ1v) is 8.63. The Kier molecular flexibility index (Phi) is 5.85. The smallest absolute Gasteiger partial charge is 0.416 e. The van der Waals surface area contributed by atoms with Gasteiger partial charge in [0.25, 0.3) is 0 Å². The molecule has 1 heterocycles. The fourth-order valence-electron chi connectivity index (χ4n) is 1.91. The molecule has 136 valence electrons. The second kappa shape index (κ2) is 7.70. The van der Waals surface area contributed by atoms with E-state index >= 15 is 0 Å². The largest absolute Gasteiger partial charge is 0.467 e. The van der Waals surface area contributed by atoms with Gasteiger partial charge in [-0.3, -0.25) is 4.79 Å². The van der Waals surface area contributed by atoms with Crippen molar-refractivity contribution < 1.29 is 30.8 Å².